The molecule has 0 fully saturated rings. The molecule has 1 aromatic carbocycles. The molecule has 2 aromatic rings. The molecular formula is C12H10BrNOS. The van der Waals surface area contributed by atoms with Crippen molar-refractivity contribution in [3.05, 3.63) is 52.2 Å². The molecule has 2 nitrogen and oxygen atoms in total. The van der Waals surface area contributed by atoms with E-state index in [-0.39, 0.29) is 5.91 Å². The number of para-hydroxylation sites is 1. The Balaban J connectivity index is 2.18. The van der Waals surface area contributed by atoms with Gasteiger partial charge in [0.05, 0.1) is 5.56 Å². The zero-order valence-electron chi connectivity index (χ0n) is 8.44. The van der Waals surface area contributed by atoms with E-state index in [9.17, 15) is 4.79 Å². The summed E-state index contributed by atoms with van der Waals surface area (Å²) < 4.78 is 0. The first-order valence-electron chi connectivity index (χ1n) is 4.78. The lowest BCUT2D eigenvalue weighted by Crippen LogP contribution is -2.11. The van der Waals surface area contributed by atoms with Crippen molar-refractivity contribution in [2.75, 3.05) is 5.32 Å². The molecule has 16 heavy (non-hydrogen) atoms. The van der Waals surface area contributed by atoms with E-state index in [0.29, 0.717) is 5.56 Å². The number of hydrogen-bond acceptors (Lipinski definition) is 2. The SMILES string of the molecule is O=C(Nc1ccccc1CBr)c1ccsc1. The highest BCUT2D eigenvalue weighted by atomic mass is 79.9. The van der Waals surface area contributed by atoms with Crippen LogP contribution in [0, 0.1) is 0 Å². The van der Waals surface area contributed by atoms with Crippen molar-refractivity contribution in [2.24, 2.45) is 0 Å². The number of alkyl halides is 1. The molecule has 0 aliphatic heterocycles. The number of carbonyl (C=O) groups is 1. The first kappa shape index (κ1) is 11.4. The lowest BCUT2D eigenvalue weighted by atomic mass is 10.2. The van der Waals surface area contributed by atoms with Gasteiger partial charge in [-0.2, -0.15) is 11.3 Å². The summed E-state index contributed by atoms with van der Waals surface area (Å²) in [5, 5.41) is 7.36. The maximum Gasteiger partial charge on any atom is 0.256 e. The van der Waals surface area contributed by atoms with E-state index >= 15 is 0 Å². The quantitative estimate of drug-likeness (QED) is 0.855. The van der Waals surface area contributed by atoms with Gasteiger partial charge in [0.25, 0.3) is 5.91 Å². The normalized spacial score (nSPS) is 10.1. The molecule has 0 unspecified atom stereocenters. The number of nitrogens with one attached hydrogen (secondary N) is 1. The van der Waals surface area contributed by atoms with E-state index in [2.05, 4.69) is 21.2 Å². The van der Waals surface area contributed by atoms with Crippen LogP contribution in [-0.2, 0) is 5.33 Å². The minimum Gasteiger partial charge on any atom is -0.322 e. The Hall–Kier alpha value is -1.13. The highest BCUT2D eigenvalue weighted by Crippen LogP contribution is 2.19. The van der Waals surface area contributed by atoms with Crippen LogP contribution >= 0.6 is 27.3 Å². The number of benzene rings is 1. The molecule has 1 aromatic heterocycles. The second-order valence-corrected chi connectivity index (χ2v) is 4.60. The van der Waals surface area contributed by atoms with Crippen LogP contribution in [0.2, 0.25) is 0 Å². The van der Waals surface area contributed by atoms with Crippen LogP contribution < -0.4 is 5.32 Å². The summed E-state index contributed by atoms with van der Waals surface area (Å²) >= 11 is 4.92. The average molecular weight is 296 g/mol. The summed E-state index contributed by atoms with van der Waals surface area (Å²) in [6.45, 7) is 0. The minimum atomic E-state index is -0.0605. The molecule has 1 amide bonds. The second kappa shape index (κ2) is 5.27. The number of halogens is 1. The highest BCUT2D eigenvalue weighted by molar-refractivity contribution is 9.08. The Morgan fingerprint density at radius 1 is 1.31 bits per heavy atom. The van der Waals surface area contributed by atoms with Crippen molar-refractivity contribution in [1.82, 2.24) is 0 Å². The van der Waals surface area contributed by atoms with Crippen LogP contribution in [0.4, 0.5) is 5.69 Å². The maximum atomic E-state index is 11.8. The van der Waals surface area contributed by atoms with Gasteiger partial charge >= 0.3 is 0 Å². The van der Waals surface area contributed by atoms with Gasteiger partial charge in [0.1, 0.15) is 0 Å². The lowest BCUT2D eigenvalue weighted by Gasteiger charge is -2.07. The molecule has 0 saturated heterocycles. The van der Waals surface area contributed by atoms with E-state index in [1.807, 2.05) is 41.1 Å². The largest absolute Gasteiger partial charge is 0.322 e. The third kappa shape index (κ3) is 2.51. The van der Waals surface area contributed by atoms with Crippen molar-refractivity contribution >= 4 is 38.9 Å². The van der Waals surface area contributed by atoms with E-state index in [0.717, 1.165) is 16.6 Å². The molecule has 0 bridgehead atoms. The van der Waals surface area contributed by atoms with Gasteiger partial charge in [0, 0.05) is 16.4 Å². The topological polar surface area (TPSA) is 29.1 Å². The van der Waals surface area contributed by atoms with Crippen molar-refractivity contribution in [2.45, 2.75) is 5.33 Å². The van der Waals surface area contributed by atoms with Crippen LogP contribution in [0.3, 0.4) is 0 Å². The van der Waals surface area contributed by atoms with Gasteiger partial charge in [-0.3, -0.25) is 4.79 Å². The van der Waals surface area contributed by atoms with Crippen molar-refractivity contribution in [1.29, 1.82) is 0 Å². The van der Waals surface area contributed by atoms with Gasteiger partial charge in [-0.15, -0.1) is 0 Å². The number of thiophene rings is 1. The number of carbonyl (C=O) groups excluding carboxylic acids is 1. The van der Waals surface area contributed by atoms with E-state index in [4.69, 9.17) is 0 Å². The zero-order chi connectivity index (χ0) is 11.4. The van der Waals surface area contributed by atoms with Crippen LogP contribution in [0.1, 0.15) is 15.9 Å². The van der Waals surface area contributed by atoms with E-state index in [1.165, 1.54) is 11.3 Å². The number of amides is 1. The lowest BCUT2D eigenvalue weighted by molar-refractivity contribution is 0.102. The van der Waals surface area contributed by atoms with Gasteiger partial charge in [0.2, 0.25) is 0 Å². The fourth-order valence-corrected chi connectivity index (χ4v) is 2.47. The van der Waals surface area contributed by atoms with Crippen LogP contribution in [0.15, 0.2) is 41.1 Å². The van der Waals surface area contributed by atoms with Crippen molar-refractivity contribution < 1.29 is 4.79 Å². The standard InChI is InChI=1S/C12H10BrNOS/c13-7-9-3-1-2-4-11(9)14-12(15)10-5-6-16-8-10/h1-6,8H,7H2,(H,14,15). The van der Waals surface area contributed by atoms with Crippen molar-refractivity contribution in [3.8, 4) is 0 Å². The summed E-state index contributed by atoms with van der Waals surface area (Å²) in [7, 11) is 0. The summed E-state index contributed by atoms with van der Waals surface area (Å²) in [5.41, 5.74) is 2.64. The number of hydrogen-bond donors (Lipinski definition) is 1. The average Bonchev–Trinajstić information content (AvgIpc) is 2.83. The molecule has 2 rings (SSSR count). The maximum absolute atomic E-state index is 11.8. The van der Waals surface area contributed by atoms with Gasteiger partial charge in [-0.25, -0.2) is 0 Å². The molecular weight excluding hydrogens is 286 g/mol. The summed E-state index contributed by atoms with van der Waals surface area (Å²) in [5.74, 6) is -0.0605. The summed E-state index contributed by atoms with van der Waals surface area (Å²) in [6, 6.07) is 9.57. The molecule has 4 heteroatoms. The fourth-order valence-electron chi connectivity index (χ4n) is 1.35. The van der Waals surface area contributed by atoms with E-state index < -0.39 is 0 Å². The Morgan fingerprint density at radius 3 is 2.81 bits per heavy atom. The van der Waals surface area contributed by atoms with Crippen LogP contribution in [0.25, 0.3) is 0 Å². The second-order valence-electron chi connectivity index (χ2n) is 3.26. The zero-order valence-corrected chi connectivity index (χ0v) is 10.8. The van der Waals surface area contributed by atoms with Gasteiger partial charge in [-0.05, 0) is 23.1 Å². The van der Waals surface area contributed by atoms with Crippen LogP contribution in [0.5, 0.6) is 0 Å². The molecule has 0 saturated carbocycles. The molecule has 0 atom stereocenters. The first-order chi connectivity index (χ1) is 7.81. The molecule has 0 radical (unpaired) electrons. The fraction of sp³-hybridized carbons (Fsp3) is 0.0833. The van der Waals surface area contributed by atoms with Gasteiger partial charge in [0.15, 0.2) is 0 Å². The summed E-state index contributed by atoms with van der Waals surface area (Å²) in [4.78, 5) is 11.8. The molecule has 1 N–H and O–H groups in total. The smallest absolute Gasteiger partial charge is 0.256 e. The Bertz CT molecular complexity index is 482. The number of anilines is 1. The highest BCUT2D eigenvalue weighted by Gasteiger charge is 2.08. The Morgan fingerprint density at radius 2 is 2.12 bits per heavy atom. The molecule has 82 valence electrons. The third-order valence-corrected chi connectivity index (χ3v) is 3.48. The van der Waals surface area contributed by atoms with Gasteiger partial charge in [-0.1, -0.05) is 34.1 Å². The number of rotatable bonds is 3. The Kier molecular flexibility index (Phi) is 3.74. The first-order valence-corrected chi connectivity index (χ1v) is 6.85. The predicted octanol–water partition coefficient (Wildman–Crippen LogP) is 3.90. The predicted molar refractivity (Wildman–Crippen MR) is 71.3 cm³/mol. The third-order valence-electron chi connectivity index (χ3n) is 2.19. The van der Waals surface area contributed by atoms with Crippen molar-refractivity contribution in [3.63, 3.8) is 0 Å². The summed E-state index contributed by atoms with van der Waals surface area (Å²) in [6.07, 6.45) is 0. The molecule has 0 aliphatic rings. The van der Waals surface area contributed by atoms with E-state index in [1.54, 1.807) is 0 Å². The minimum absolute atomic E-state index is 0.0605. The monoisotopic (exact) mass is 295 g/mol. The molecule has 1 heterocycles. The molecule has 0 spiro atoms. The Labute approximate surface area is 106 Å². The van der Waals surface area contributed by atoms with Gasteiger partial charge < -0.3 is 5.32 Å². The molecule has 0 aliphatic carbocycles. The van der Waals surface area contributed by atoms with Crippen LogP contribution in [-0.4, -0.2) is 5.91 Å².